The van der Waals surface area contributed by atoms with Crippen LogP contribution in [0.5, 0.6) is 0 Å². The highest BCUT2D eigenvalue weighted by atomic mass is 31.2. The van der Waals surface area contributed by atoms with Crippen LogP contribution in [0.2, 0.25) is 0 Å². The number of aliphatic imine (C=N–C) groups is 2. The van der Waals surface area contributed by atoms with Gasteiger partial charge in [0.15, 0.2) is 0 Å². The number of rotatable bonds is 5. The van der Waals surface area contributed by atoms with Crippen LogP contribution in [0.15, 0.2) is 75.5 Å². The van der Waals surface area contributed by atoms with E-state index in [9.17, 15) is 4.57 Å². The Labute approximate surface area is 190 Å². The first-order valence-electron chi connectivity index (χ1n) is 11.6. The summed E-state index contributed by atoms with van der Waals surface area (Å²) in [5, 5.41) is 1.09. The Bertz CT molecular complexity index is 904. The van der Waals surface area contributed by atoms with Crippen molar-refractivity contribution in [2.75, 3.05) is 0 Å². The maximum absolute atomic E-state index is 12.8. The Hall–Kier alpha value is -2.64. The molecule has 7 heteroatoms. The Morgan fingerprint density at radius 2 is 1.12 bits per heavy atom. The molecule has 2 aliphatic rings. The molecule has 0 heterocycles. The third-order valence-electron chi connectivity index (χ3n) is 6.01. The van der Waals surface area contributed by atoms with Crippen LogP contribution >= 0.6 is 7.29 Å². The van der Waals surface area contributed by atoms with E-state index in [4.69, 9.17) is 5.53 Å². The fourth-order valence-electron chi connectivity index (χ4n) is 4.19. The average molecular weight is 450 g/mol. The molecule has 0 unspecified atom stereocenters. The molecule has 2 fully saturated rings. The molecule has 0 bridgehead atoms. The molecule has 0 radical (unpaired) electrons. The van der Waals surface area contributed by atoms with Crippen molar-refractivity contribution in [3.8, 4) is 0 Å². The molecule has 168 valence electrons. The van der Waals surface area contributed by atoms with Crippen molar-refractivity contribution < 1.29 is 4.57 Å². The summed E-state index contributed by atoms with van der Waals surface area (Å²) in [5.74, 6) is 0. The van der Waals surface area contributed by atoms with Crippen LogP contribution in [0.3, 0.4) is 0 Å². The van der Waals surface area contributed by atoms with E-state index in [1.807, 2.05) is 12.1 Å². The fourth-order valence-corrected chi connectivity index (χ4v) is 5.96. The standard InChI is InChI=1S/C13H22N2.C12H10N3OP/c1-3-7-12(8-4-1)14-11-15-13-9-5-2-6-10-13;13-14-15-17(16,11-7-3-1-4-8-11)12-9-5-2-6-10-12/h12-13H,1-10H2;1-10H. The Morgan fingerprint density at radius 3 is 1.50 bits per heavy atom. The number of azide groups is 1. The number of hydrogen-bond donors (Lipinski definition) is 0. The maximum Gasteiger partial charge on any atom is 0.228 e. The molecule has 4 rings (SSSR count). The molecule has 0 aromatic heterocycles. The van der Waals surface area contributed by atoms with Crippen molar-refractivity contribution in [1.29, 1.82) is 0 Å². The van der Waals surface area contributed by atoms with Gasteiger partial charge >= 0.3 is 0 Å². The molecule has 32 heavy (non-hydrogen) atoms. The van der Waals surface area contributed by atoms with Crippen LogP contribution in [0.4, 0.5) is 0 Å². The molecule has 2 aliphatic carbocycles. The molecule has 0 saturated heterocycles. The van der Waals surface area contributed by atoms with E-state index in [1.165, 1.54) is 64.2 Å². The van der Waals surface area contributed by atoms with Crippen LogP contribution in [0, 0.1) is 0 Å². The van der Waals surface area contributed by atoms with Crippen LogP contribution in [-0.2, 0) is 4.57 Å². The summed E-state index contributed by atoms with van der Waals surface area (Å²) in [6.07, 6.45) is 13.2. The molecule has 6 nitrogen and oxygen atoms in total. The number of benzene rings is 2. The number of nitrogens with zero attached hydrogens (tertiary/aromatic N) is 5. The van der Waals surface area contributed by atoms with E-state index in [2.05, 4.69) is 25.8 Å². The van der Waals surface area contributed by atoms with Crippen molar-refractivity contribution in [1.82, 2.24) is 0 Å². The van der Waals surface area contributed by atoms with Gasteiger partial charge in [-0.1, -0.05) is 99.2 Å². The lowest BCUT2D eigenvalue weighted by molar-refractivity contribution is 0.438. The van der Waals surface area contributed by atoms with Gasteiger partial charge in [-0.3, -0.25) is 0 Å². The summed E-state index contributed by atoms with van der Waals surface area (Å²) in [5.41, 5.74) is 8.61. The van der Waals surface area contributed by atoms with Gasteiger partial charge in [0.25, 0.3) is 0 Å². The molecular weight excluding hydrogens is 417 g/mol. The second-order valence-electron chi connectivity index (χ2n) is 8.37. The zero-order chi connectivity index (χ0) is 22.5. The lowest BCUT2D eigenvalue weighted by atomic mass is 9.96. The third-order valence-corrected chi connectivity index (χ3v) is 8.34. The predicted molar refractivity (Wildman–Crippen MR) is 133 cm³/mol. The van der Waals surface area contributed by atoms with E-state index in [0.717, 1.165) is 0 Å². The predicted octanol–water partition coefficient (Wildman–Crippen LogP) is 7.05. The smallest absolute Gasteiger partial charge is 0.228 e. The highest BCUT2D eigenvalue weighted by Crippen LogP contribution is 2.44. The second kappa shape index (κ2) is 13.0. The minimum absolute atomic E-state index is 0.533. The summed E-state index contributed by atoms with van der Waals surface area (Å²) < 4.78 is 12.8. The molecule has 0 aliphatic heterocycles. The largest absolute Gasteiger partial charge is 0.307 e. The Kier molecular flexibility index (Phi) is 9.78. The molecular formula is C25H32N5OP. The number of hydrogen-bond acceptors (Lipinski definition) is 3. The van der Waals surface area contributed by atoms with E-state index in [0.29, 0.717) is 22.7 Å². The van der Waals surface area contributed by atoms with Gasteiger partial charge in [-0.25, -0.2) is 9.98 Å². The summed E-state index contributed by atoms with van der Waals surface area (Å²) in [6, 6.07) is 21.6. The summed E-state index contributed by atoms with van der Waals surface area (Å²) in [4.78, 5) is 15.2. The lowest BCUT2D eigenvalue weighted by Gasteiger charge is -2.17. The lowest BCUT2D eigenvalue weighted by Crippen LogP contribution is -2.13. The highest BCUT2D eigenvalue weighted by molar-refractivity contribution is 7.77. The van der Waals surface area contributed by atoms with E-state index >= 15 is 0 Å². The fraction of sp³-hybridized carbons (Fsp3) is 0.480. The van der Waals surface area contributed by atoms with Crippen molar-refractivity contribution in [3.63, 3.8) is 0 Å². The average Bonchev–Trinajstić information content (AvgIpc) is 2.87. The van der Waals surface area contributed by atoms with Gasteiger partial charge in [0.2, 0.25) is 7.29 Å². The second-order valence-corrected chi connectivity index (χ2v) is 10.7. The maximum atomic E-state index is 12.8. The summed E-state index contributed by atoms with van der Waals surface area (Å²) in [6.45, 7) is 0. The molecule has 0 amide bonds. The zero-order valence-corrected chi connectivity index (χ0v) is 19.5. The monoisotopic (exact) mass is 449 g/mol. The van der Waals surface area contributed by atoms with E-state index in [-0.39, 0.29) is 0 Å². The molecule has 2 aromatic rings. The van der Waals surface area contributed by atoms with Crippen molar-refractivity contribution in [2.24, 2.45) is 14.9 Å². The minimum Gasteiger partial charge on any atom is -0.307 e. The Morgan fingerprint density at radius 1 is 0.719 bits per heavy atom. The molecule has 0 spiro atoms. The van der Waals surface area contributed by atoms with Crippen molar-refractivity contribution >= 4 is 23.9 Å². The summed E-state index contributed by atoms with van der Waals surface area (Å²) in [7, 11) is -3.22. The van der Waals surface area contributed by atoms with Crippen LogP contribution in [0.25, 0.3) is 10.4 Å². The molecule has 0 N–H and O–H groups in total. The van der Waals surface area contributed by atoms with Gasteiger partial charge in [0.05, 0.1) is 18.1 Å². The third kappa shape index (κ3) is 7.21. The summed E-state index contributed by atoms with van der Waals surface area (Å²) >= 11 is 0. The SMILES string of the molecule is C(=NC1CCCCC1)=NC1CCCCC1.[N-]=[N+]=NP(=O)(c1ccccc1)c1ccccc1. The van der Waals surface area contributed by atoms with E-state index < -0.39 is 7.29 Å². The van der Waals surface area contributed by atoms with Gasteiger partial charge in [-0.2, -0.15) is 0 Å². The van der Waals surface area contributed by atoms with Gasteiger partial charge < -0.3 is 4.57 Å². The normalized spacial score (nSPS) is 17.1. The van der Waals surface area contributed by atoms with Gasteiger partial charge in [-0.05, 0) is 36.1 Å². The first-order valence-corrected chi connectivity index (χ1v) is 13.3. The van der Waals surface area contributed by atoms with Crippen molar-refractivity contribution in [3.05, 3.63) is 71.1 Å². The van der Waals surface area contributed by atoms with Crippen LogP contribution < -0.4 is 10.6 Å². The first kappa shape index (κ1) is 24.0. The van der Waals surface area contributed by atoms with E-state index in [1.54, 1.807) is 48.5 Å². The topological polar surface area (TPSA) is 90.5 Å². The molecule has 2 saturated carbocycles. The van der Waals surface area contributed by atoms with Crippen molar-refractivity contribution in [2.45, 2.75) is 76.3 Å². The Balaban J connectivity index is 0.000000182. The zero-order valence-electron chi connectivity index (χ0n) is 18.6. The quantitative estimate of drug-likeness (QED) is 0.158. The molecule has 2 aromatic carbocycles. The van der Waals surface area contributed by atoms with Gasteiger partial charge in [0.1, 0.15) is 0 Å². The van der Waals surface area contributed by atoms with Gasteiger partial charge in [-0.15, -0.1) is 0 Å². The van der Waals surface area contributed by atoms with Gasteiger partial charge in [0, 0.05) is 15.5 Å². The molecule has 0 atom stereocenters. The highest BCUT2D eigenvalue weighted by Gasteiger charge is 2.25. The van der Waals surface area contributed by atoms with Crippen LogP contribution in [0.1, 0.15) is 64.2 Å². The van der Waals surface area contributed by atoms with Crippen LogP contribution in [-0.4, -0.2) is 18.1 Å². The first-order chi connectivity index (χ1) is 15.7. The minimum atomic E-state index is -3.22.